The van der Waals surface area contributed by atoms with Crippen molar-refractivity contribution in [2.75, 3.05) is 18.5 Å². The first-order valence-electron chi connectivity index (χ1n) is 9.52. The minimum atomic E-state index is 0. The van der Waals surface area contributed by atoms with E-state index in [2.05, 4.69) is 30.8 Å². The number of halogens is 1. The normalized spacial score (nSPS) is 14.0. The second kappa shape index (κ2) is 10.2. The Morgan fingerprint density at radius 1 is 1.23 bits per heavy atom. The zero-order valence-corrected chi connectivity index (χ0v) is 18.9. The van der Waals surface area contributed by atoms with Crippen molar-refractivity contribution < 1.29 is 9.21 Å². The van der Waals surface area contributed by atoms with Gasteiger partial charge in [-0.3, -0.25) is 14.9 Å². The van der Waals surface area contributed by atoms with Crippen LogP contribution in [0.15, 0.2) is 52.1 Å². The molecule has 0 radical (unpaired) electrons. The minimum Gasteiger partial charge on any atom is -0.461 e. The molecule has 0 unspecified atom stereocenters. The molecule has 1 aliphatic heterocycles. The van der Waals surface area contributed by atoms with Gasteiger partial charge in [0, 0.05) is 32.2 Å². The van der Waals surface area contributed by atoms with Gasteiger partial charge in [-0.2, -0.15) is 0 Å². The van der Waals surface area contributed by atoms with Crippen LogP contribution in [-0.4, -0.2) is 40.6 Å². The van der Waals surface area contributed by atoms with Crippen LogP contribution < -0.4 is 15.5 Å². The summed E-state index contributed by atoms with van der Waals surface area (Å²) >= 11 is 0. The Morgan fingerprint density at radius 3 is 2.70 bits per heavy atom. The van der Waals surface area contributed by atoms with E-state index in [0.29, 0.717) is 42.9 Å². The van der Waals surface area contributed by atoms with E-state index < -0.39 is 0 Å². The standard InChI is InChI=1S/C20H23N7O2.HI/c1-21-20(23-13-17-24-19(26-25-17)16-4-3-11-29-16)22-12-14-6-8-15(9-7-14)27-10-2-5-18(27)28;/h3-4,6-9,11H,2,5,10,12-13H2,1H3,(H2,21,22,23)(H,24,25,26);1H. The maximum absolute atomic E-state index is 11.8. The predicted octanol–water partition coefficient (Wildman–Crippen LogP) is 2.67. The predicted molar refractivity (Wildman–Crippen MR) is 125 cm³/mol. The minimum absolute atomic E-state index is 0. The van der Waals surface area contributed by atoms with Gasteiger partial charge in [-0.05, 0) is 36.2 Å². The molecule has 3 heterocycles. The van der Waals surface area contributed by atoms with Crippen LogP contribution in [0.2, 0.25) is 0 Å². The number of benzene rings is 1. The van der Waals surface area contributed by atoms with Gasteiger partial charge in [0.15, 0.2) is 11.7 Å². The fourth-order valence-corrected chi connectivity index (χ4v) is 3.18. The number of aromatic amines is 1. The summed E-state index contributed by atoms with van der Waals surface area (Å²) in [7, 11) is 1.71. The molecule has 9 nitrogen and oxygen atoms in total. The smallest absolute Gasteiger partial charge is 0.227 e. The molecule has 3 aromatic rings. The van der Waals surface area contributed by atoms with Crippen LogP contribution in [0, 0.1) is 0 Å². The Labute approximate surface area is 191 Å². The highest BCUT2D eigenvalue weighted by molar-refractivity contribution is 14.0. The zero-order chi connectivity index (χ0) is 20.1. The number of nitrogens with one attached hydrogen (secondary N) is 3. The number of hydrogen-bond acceptors (Lipinski definition) is 5. The lowest BCUT2D eigenvalue weighted by atomic mass is 10.2. The highest BCUT2D eigenvalue weighted by Crippen LogP contribution is 2.21. The largest absolute Gasteiger partial charge is 0.461 e. The average molecular weight is 521 g/mol. The van der Waals surface area contributed by atoms with Gasteiger partial charge in [-0.15, -0.1) is 29.1 Å². The molecule has 1 saturated heterocycles. The zero-order valence-electron chi connectivity index (χ0n) is 16.6. The van der Waals surface area contributed by atoms with E-state index in [9.17, 15) is 4.79 Å². The Hall–Kier alpha value is -2.89. The van der Waals surface area contributed by atoms with Crippen molar-refractivity contribution >= 4 is 41.5 Å². The molecule has 1 amide bonds. The van der Waals surface area contributed by atoms with Crippen LogP contribution >= 0.6 is 24.0 Å². The number of aliphatic imine (C=N–C) groups is 1. The Bertz CT molecular complexity index is 983. The number of guanidine groups is 1. The van der Waals surface area contributed by atoms with Gasteiger partial charge in [-0.25, -0.2) is 4.98 Å². The van der Waals surface area contributed by atoms with Crippen LogP contribution in [-0.2, 0) is 17.9 Å². The molecule has 1 fully saturated rings. The highest BCUT2D eigenvalue weighted by Gasteiger charge is 2.21. The maximum atomic E-state index is 11.8. The molecule has 1 aliphatic rings. The number of anilines is 1. The Balaban J connectivity index is 0.00000256. The Kier molecular flexibility index (Phi) is 7.44. The molecule has 10 heteroatoms. The molecule has 4 rings (SSSR count). The van der Waals surface area contributed by atoms with E-state index in [1.54, 1.807) is 19.4 Å². The molecule has 30 heavy (non-hydrogen) atoms. The topological polar surface area (TPSA) is 111 Å². The van der Waals surface area contributed by atoms with Crippen molar-refractivity contribution in [2.24, 2.45) is 4.99 Å². The highest BCUT2D eigenvalue weighted by atomic mass is 127. The van der Waals surface area contributed by atoms with Gasteiger partial charge >= 0.3 is 0 Å². The lowest BCUT2D eigenvalue weighted by Crippen LogP contribution is -2.36. The van der Waals surface area contributed by atoms with Crippen LogP contribution in [0.5, 0.6) is 0 Å². The van der Waals surface area contributed by atoms with Gasteiger partial charge < -0.3 is 20.0 Å². The van der Waals surface area contributed by atoms with Crippen molar-refractivity contribution in [3.05, 3.63) is 54.0 Å². The molecule has 0 bridgehead atoms. The molecule has 3 N–H and O–H groups in total. The summed E-state index contributed by atoms with van der Waals surface area (Å²) in [6.07, 6.45) is 3.16. The van der Waals surface area contributed by atoms with Crippen LogP contribution in [0.1, 0.15) is 24.2 Å². The number of carbonyl (C=O) groups excluding carboxylic acids is 1. The van der Waals surface area contributed by atoms with E-state index in [1.807, 2.05) is 35.2 Å². The molecule has 158 valence electrons. The monoisotopic (exact) mass is 521 g/mol. The lowest BCUT2D eigenvalue weighted by molar-refractivity contribution is -0.117. The van der Waals surface area contributed by atoms with E-state index in [0.717, 1.165) is 24.2 Å². The number of aromatic nitrogens is 3. The molecule has 0 spiro atoms. The summed E-state index contributed by atoms with van der Waals surface area (Å²) < 4.78 is 5.29. The third-order valence-corrected chi connectivity index (χ3v) is 4.70. The molecular formula is C20H24IN7O2. The van der Waals surface area contributed by atoms with Crippen molar-refractivity contribution in [2.45, 2.75) is 25.9 Å². The summed E-state index contributed by atoms with van der Waals surface area (Å²) in [6, 6.07) is 11.6. The summed E-state index contributed by atoms with van der Waals surface area (Å²) in [5, 5.41) is 13.5. The fraction of sp³-hybridized carbons (Fsp3) is 0.300. The van der Waals surface area contributed by atoms with Crippen molar-refractivity contribution in [3.63, 3.8) is 0 Å². The van der Waals surface area contributed by atoms with Crippen molar-refractivity contribution in [3.8, 4) is 11.6 Å². The summed E-state index contributed by atoms with van der Waals surface area (Å²) in [6.45, 7) is 1.86. The number of furan rings is 1. The third kappa shape index (κ3) is 5.17. The second-order valence-corrected chi connectivity index (χ2v) is 6.68. The van der Waals surface area contributed by atoms with Gasteiger partial charge in [0.1, 0.15) is 5.82 Å². The van der Waals surface area contributed by atoms with Crippen LogP contribution in [0.4, 0.5) is 5.69 Å². The third-order valence-electron chi connectivity index (χ3n) is 4.70. The van der Waals surface area contributed by atoms with Crippen LogP contribution in [0.25, 0.3) is 11.6 Å². The van der Waals surface area contributed by atoms with Crippen molar-refractivity contribution in [1.82, 2.24) is 25.8 Å². The second-order valence-electron chi connectivity index (χ2n) is 6.68. The number of nitrogens with zero attached hydrogens (tertiary/aromatic N) is 4. The average Bonchev–Trinajstić information content (AvgIpc) is 3.50. The van der Waals surface area contributed by atoms with Gasteiger partial charge in [0.2, 0.25) is 11.7 Å². The van der Waals surface area contributed by atoms with E-state index in [1.165, 1.54) is 0 Å². The summed E-state index contributed by atoms with van der Waals surface area (Å²) in [4.78, 5) is 22.3. The molecule has 0 atom stereocenters. The first-order valence-corrected chi connectivity index (χ1v) is 9.52. The molecule has 2 aromatic heterocycles. The first-order chi connectivity index (χ1) is 14.2. The fourth-order valence-electron chi connectivity index (χ4n) is 3.18. The Morgan fingerprint density at radius 2 is 2.03 bits per heavy atom. The van der Waals surface area contributed by atoms with E-state index in [-0.39, 0.29) is 29.9 Å². The molecule has 0 aliphatic carbocycles. The first kappa shape index (κ1) is 21.8. The molecular weight excluding hydrogens is 497 g/mol. The maximum Gasteiger partial charge on any atom is 0.227 e. The van der Waals surface area contributed by atoms with Gasteiger partial charge in [-0.1, -0.05) is 12.1 Å². The lowest BCUT2D eigenvalue weighted by Gasteiger charge is -2.16. The number of rotatable bonds is 6. The SMILES string of the molecule is CN=C(NCc1ccc(N2CCCC2=O)cc1)NCc1nc(-c2ccco2)n[nH]1.I. The quantitative estimate of drug-likeness (QED) is 0.261. The van der Waals surface area contributed by atoms with Crippen molar-refractivity contribution in [1.29, 1.82) is 0 Å². The number of carbonyl (C=O) groups is 1. The van der Waals surface area contributed by atoms with E-state index in [4.69, 9.17) is 4.42 Å². The summed E-state index contributed by atoms with van der Waals surface area (Å²) in [5.41, 5.74) is 2.06. The number of amides is 1. The summed E-state index contributed by atoms with van der Waals surface area (Å²) in [5.74, 6) is 2.67. The molecule has 0 saturated carbocycles. The van der Waals surface area contributed by atoms with E-state index >= 15 is 0 Å². The van der Waals surface area contributed by atoms with Gasteiger partial charge in [0.05, 0.1) is 12.8 Å². The molecule has 1 aromatic carbocycles. The number of H-pyrrole nitrogens is 1. The van der Waals surface area contributed by atoms with Gasteiger partial charge in [0.25, 0.3) is 0 Å². The number of hydrogen-bond donors (Lipinski definition) is 3. The van der Waals surface area contributed by atoms with Crippen LogP contribution in [0.3, 0.4) is 0 Å².